The highest BCUT2D eigenvalue weighted by Gasteiger charge is 2.30. The maximum atomic E-state index is 12.7. The normalized spacial score (nSPS) is 13.3. The lowest BCUT2D eigenvalue weighted by atomic mass is 10.1. The van der Waals surface area contributed by atoms with Crippen LogP contribution < -0.4 is 15.4 Å². The summed E-state index contributed by atoms with van der Waals surface area (Å²) in [6.45, 7) is 0.119. The maximum Gasteiger partial charge on any atom is 0.416 e. The Balaban J connectivity index is 1.60. The summed E-state index contributed by atoms with van der Waals surface area (Å²) in [7, 11) is 0. The largest absolute Gasteiger partial charge is 0.437 e. The molecule has 1 aromatic heterocycles. The Bertz CT molecular complexity index is 1040. The topological polar surface area (TPSA) is 76.1 Å². The summed E-state index contributed by atoms with van der Waals surface area (Å²) in [5.41, 5.74) is 1.40. The number of aromatic nitrogens is 2. The Labute approximate surface area is 157 Å². The minimum atomic E-state index is -4.40. The van der Waals surface area contributed by atoms with Gasteiger partial charge in [0.05, 0.1) is 23.5 Å². The van der Waals surface area contributed by atoms with Gasteiger partial charge in [-0.25, -0.2) is 9.97 Å². The molecule has 0 saturated carbocycles. The number of para-hydroxylation sites is 1. The van der Waals surface area contributed by atoms with Crippen molar-refractivity contribution in [1.82, 2.24) is 9.97 Å². The molecule has 1 aliphatic rings. The number of benzene rings is 2. The Morgan fingerprint density at radius 1 is 1.04 bits per heavy atom. The second-order valence-corrected chi connectivity index (χ2v) is 6.00. The molecule has 0 fully saturated rings. The standard InChI is InChI=1S/C19H13F3N4O2/c20-19(21,22)12-6-4-11(5-7-12)14-8-17(25-10-24-14)28-15-3-1-2-13-18(15)23-9-16(27)26-13/h1-8,10,23H,9H2,(H,26,27). The third-order valence-corrected chi connectivity index (χ3v) is 4.09. The molecule has 4 rings (SSSR count). The summed E-state index contributed by atoms with van der Waals surface area (Å²) in [4.78, 5) is 19.6. The zero-order valence-electron chi connectivity index (χ0n) is 14.2. The maximum absolute atomic E-state index is 12.7. The van der Waals surface area contributed by atoms with Crippen LogP contribution in [0.1, 0.15) is 5.56 Å². The first-order valence-corrected chi connectivity index (χ1v) is 8.24. The number of halogens is 3. The van der Waals surface area contributed by atoms with E-state index in [1.807, 2.05) is 0 Å². The van der Waals surface area contributed by atoms with Gasteiger partial charge in [-0.15, -0.1) is 0 Å². The minimum Gasteiger partial charge on any atom is -0.437 e. The number of anilines is 2. The molecule has 0 bridgehead atoms. The molecule has 0 saturated heterocycles. The number of carbonyl (C=O) groups excluding carboxylic acids is 1. The van der Waals surface area contributed by atoms with Crippen molar-refractivity contribution < 1.29 is 22.7 Å². The summed E-state index contributed by atoms with van der Waals surface area (Å²) in [6, 6.07) is 11.4. The van der Waals surface area contributed by atoms with Gasteiger partial charge < -0.3 is 15.4 Å². The van der Waals surface area contributed by atoms with Crippen LogP contribution in [0.4, 0.5) is 24.5 Å². The molecule has 1 amide bonds. The van der Waals surface area contributed by atoms with E-state index in [2.05, 4.69) is 20.6 Å². The van der Waals surface area contributed by atoms with Gasteiger partial charge in [0.1, 0.15) is 12.0 Å². The van der Waals surface area contributed by atoms with Gasteiger partial charge in [-0.2, -0.15) is 13.2 Å². The van der Waals surface area contributed by atoms with Gasteiger partial charge in [0.25, 0.3) is 0 Å². The number of ether oxygens (including phenoxy) is 1. The molecular weight excluding hydrogens is 373 g/mol. The Morgan fingerprint density at radius 2 is 1.82 bits per heavy atom. The number of alkyl halides is 3. The molecule has 2 aromatic carbocycles. The van der Waals surface area contributed by atoms with Crippen LogP contribution in [0.25, 0.3) is 11.3 Å². The third-order valence-electron chi connectivity index (χ3n) is 4.09. The molecule has 6 nitrogen and oxygen atoms in total. The van der Waals surface area contributed by atoms with Gasteiger partial charge in [0.15, 0.2) is 5.75 Å². The number of fused-ring (bicyclic) bond motifs is 1. The first-order chi connectivity index (χ1) is 13.4. The second-order valence-electron chi connectivity index (χ2n) is 6.00. The van der Waals surface area contributed by atoms with Crippen molar-refractivity contribution in [3.8, 4) is 22.9 Å². The van der Waals surface area contributed by atoms with Gasteiger partial charge in [-0.3, -0.25) is 4.79 Å². The third kappa shape index (κ3) is 3.59. The predicted octanol–water partition coefficient (Wildman–Crippen LogP) is 4.32. The predicted molar refractivity (Wildman–Crippen MR) is 96.1 cm³/mol. The van der Waals surface area contributed by atoms with E-state index in [1.165, 1.54) is 24.5 Å². The molecule has 9 heteroatoms. The van der Waals surface area contributed by atoms with Crippen molar-refractivity contribution >= 4 is 17.3 Å². The molecule has 0 aliphatic carbocycles. The fraction of sp³-hybridized carbons (Fsp3) is 0.105. The first-order valence-electron chi connectivity index (χ1n) is 8.24. The smallest absolute Gasteiger partial charge is 0.416 e. The summed E-state index contributed by atoms with van der Waals surface area (Å²) < 4.78 is 43.9. The van der Waals surface area contributed by atoms with E-state index in [9.17, 15) is 18.0 Å². The van der Waals surface area contributed by atoms with Crippen molar-refractivity contribution in [2.24, 2.45) is 0 Å². The molecule has 0 spiro atoms. The van der Waals surface area contributed by atoms with Crippen LogP contribution in [0.15, 0.2) is 54.9 Å². The molecule has 0 atom stereocenters. The van der Waals surface area contributed by atoms with E-state index in [1.54, 1.807) is 18.2 Å². The Morgan fingerprint density at radius 3 is 2.57 bits per heavy atom. The monoisotopic (exact) mass is 386 g/mol. The zero-order valence-corrected chi connectivity index (χ0v) is 14.2. The molecule has 1 aliphatic heterocycles. The highest BCUT2D eigenvalue weighted by atomic mass is 19.4. The number of nitrogens with zero attached hydrogens (tertiary/aromatic N) is 2. The minimum absolute atomic E-state index is 0.119. The van der Waals surface area contributed by atoms with E-state index in [-0.39, 0.29) is 18.3 Å². The Hall–Kier alpha value is -3.62. The van der Waals surface area contributed by atoms with Gasteiger partial charge in [0.2, 0.25) is 11.8 Å². The SMILES string of the molecule is O=C1CNc2c(cccc2Oc2cc(-c3ccc(C(F)(F)F)cc3)ncn2)N1. The average molecular weight is 386 g/mol. The van der Waals surface area contributed by atoms with Crippen LogP contribution in [0.3, 0.4) is 0 Å². The summed E-state index contributed by atoms with van der Waals surface area (Å²) in [5, 5.41) is 5.72. The number of hydrogen-bond donors (Lipinski definition) is 2. The van der Waals surface area contributed by atoms with Crippen molar-refractivity contribution in [2.75, 3.05) is 17.2 Å². The number of nitrogens with one attached hydrogen (secondary N) is 2. The quantitative estimate of drug-likeness (QED) is 0.701. The van der Waals surface area contributed by atoms with Gasteiger partial charge in [-0.05, 0) is 24.3 Å². The van der Waals surface area contributed by atoms with E-state index < -0.39 is 11.7 Å². The Kier molecular flexibility index (Phi) is 4.34. The lowest BCUT2D eigenvalue weighted by molar-refractivity contribution is -0.137. The highest BCUT2D eigenvalue weighted by molar-refractivity contribution is 6.01. The molecule has 3 aromatic rings. The molecule has 28 heavy (non-hydrogen) atoms. The lowest BCUT2D eigenvalue weighted by Gasteiger charge is -2.21. The molecule has 142 valence electrons. The molecular formula is C19H13F3N4O2. The van der Waals surface area contributed by atoms with Crippen LogP contribution >= 0.6 is 0 Å². The van der Waals surface area contributed by atoms with E-state index in [4.69, 9.17) is 4.74 Å². The van der Waals surface area contributed by atoms with Crippen LogP contribution in [0.5, 0.6) is 11.6 Å². The van der Waals surface area contributed by atoms with E-state index in [0.717, 1.165) is 12.1 Å². The summed E-state index contributed by atoms with van der Waals surface area (Å²) >= 11 is 0. The molecule has 0 radical (unpaired) electrons. The fourth-order valence-corrected chi connectivity index (χ4v) is 2.76. The second kappa shape index (κ2) is 6.84. The number of carbonyl (C=O) groups is 1. The zero-order chi connectivity index (χ0) is 19.7. The van der Waals surface area contributed by atoms with Gasteiger partial charge in [0, 0.05) is 11.6 Å². The molecule has 2 N–H and O–H groups in total. The average Bonchev–Trinajstić information content (AvgIpc) is 2.68. The fourth-order valence-electron chi connectivity index (χ4n) is 2.76. The molecule has 0 unspecified atom stereocenters. The van der Waals surface area contributed by atoms with Gasteiger partial charge >= 0.3 is 6.18 Å². The van der Waals surface area contributed by atoms with E-state index in [0.29, 0.717) is 28.4 Å². The highest BCUT2D eigenvalue weighted by Crippen LogP contribution is 2.37. The molecule has 2 heterocycles. The van der Waals surface area contributed by atoms with E-state index >= 15 is 0 Å². The first kappa shape index (κ1) is 17.8. The van der Waals surface area contributed by atoms with Crippen LogP contribution in [-0.2, 0) is 11.0 Å². The van der Waals surface area contributed by atoms with Crippen LogP contribution in [-0.4, -0.2) is 22.4 Å². The van der Waals surface area contributed by atoms with Crippen LogP contribution in [0, 0.1) is 0 Å². The van der Waals surface area contributed by atoms with Crippen molar-refractivity contribution in [3.05, 3.63) is 60.4 Å². The number of rotatable bonds is 3. The number of amides is 1. The lowest BCUT2D eigenvalue weighted by Crippen LogP contribution is -2.27. The van der Waals surface area contributed by atoms with Gasteiger partial charge in [-0.1, -0.05) is 18.2 Å². The van der Waals surface area contributed by atoms with Crippen LogP contribution in [0.2, 0.25) is 0 Å². The van der Waals surface area contributed by atoms with Crippen molar-refractivity contribution in [1.29, 1.82) is 0 Å². The number of hydrogen-bond acceptors (Lipinski definition) is 5. The van der Waals surface area contributed by atoms with Crippen molar-refractivity contribution in [3.63, 3.8) is 0 Å². The summed E-state index contributed by atoms with van der Waals surface area (Å²) in [5.74, 6) is 0.517. The summed E-state index contributed by atoms with van der Waals surface area (Å²) in [6.07, 6.45) is -3.12. The van der Waals surface area contributed by atoms with Crippen molar-refractivity contribution in [2.45, 2.75) is 6.18 Å².